The van der Waals surface area contributed by atoms with Gasteiger partial charge in [0.1, 0.15) is 6.54 Å². The maximum atomic E-state index is 12.9. The highest BCUT2D eigenvalue weighted by Gasteiger charge is 2.06. The lowest BCUT2D eigenvalue weighted by atomic mass is 10.3. The molecule has 0 aromatic carbocycles. The molecule has 1 heterocycles. The summed E-state index contributed by atoms with van der Waals surface area (Å²) in [4.78, 5) is 0. The van der Waals surface area contributed by atoms with Crippen molar-refractivity contribution < 1.29 is 4.39 Å². The fraction of sp³-hybridized carbons (Fsp3) is 0.444. The molecule has 1 aromatic rings. The minimum Gasteiger partial charge on any atom is -0.254 e. The van der Waals surface area contributed by atoms with E-state index in [1.807, 2.05) is 6.92 Å². The third kappa shape index (κ3) is 1.65. The molecule has 12 heavy (non-hydrogen) atoms. The topological polar surface area (TPSA) is 17.8 Å². The van der Waals surface area contributed by atoms with E-state index in [0.29, 0.717) is 18.7 Å². The number of rotatable bonds is 2. The molecular formula is C9H10FN2. The molecule has 0 saturated carbocycles. The lowest BCUT2D eigenvalue weighted by molar-refractivity contribution is 0.592. The molecule has 0 saturated heterocycles. The van der Waals surface area contributed by atoms with Crippen molar-refractivity contribution in [2.75, 3.05) is 0 Å². The predicted octanol–water partition coefficient (Wildman–Crippen LogP) is 1.41. The van der Waals surface area contributed by atoms with Gasteiger partial charge in [-0.2, -0.15) is 5.10 Å². The number of halogens is 1. The molecule has 3 heteroatoms. The van der Waals surface area contributed by atoms with Crippen molar-refractivity contribution in [2.45, 2.75) is 26.8 Å². The molecule has 0 aliphatic heterocycles. The van der Waals surface area contributed by atoms with Crippen LogP contribution < -0.4 is 0 Å². The van der Waals surface area contributed by atoms with E-state index >= 15 is 0 Å². The van der Waals surface area contributed by atoms with Gasteiger partial charge in [0.25, 0.3) is 0 Å². The zero-order valence-corrected chi connectivity index (χ0v) is 7.19. The molecule has 0 unspecified atom stereocenters. The number of nitrogens with zero attached hydrogens (tertiary/aromatic N) is 2. The van der Waals surface area contributed by atoms with Crippen molar-refractivity contribution in [1.82, 2.24) is 9.78 Å². The molecule has 0 bridgehead atoms. The minimum atomic E-state index is -0.365. The molecule has 63 valence electrons. The Hall–Kier alpha value is -1.30. The van der Waals surface area contributed by atoms with Crippen LogP contribution in [0.15, 0.2) is 0 Å². The molecule has 0 aliphatic rings. The van der Waals surface area contributed by atoms with Gasteiger partial charge in [0.15, 0.2) is 12.0 Å². The van der Waals surface area contributed by atoms with Crippen LogP contribution in [0, 0.1) is 23.9 Å². The van der Waals surface area contributed by atoms with Gasteiger partial charge in [0, 0.05) is 0 Å². The smallest absolute Gasteiger partial charge is 0.174 e. The van der Waals surface area contributed by atoms with Crippen molar-refractivity contribution in [2.24, 2.45) is 0 Å². The Morgan fingerprint density at radius 2 is 2.42 bits per heavy atom. The summed E-state index contributed by atoms with van der Waals surface area (Å²) in [5.74, 6) is 5.18. The summed E-state index contributed by atoms with van der Waals surface area (Å²) >= 11 is 0. The first-order valence-corrected chi connectivity index (χ1v) is 3.82. The summed E-state index contributed by atoms with van der Waals surface area (Å²) in [6.07, 6.45) is 2.89. The summed E-state index contributed by atoms with van der Waals surface area (Å²) in [5, 5.41) is 3.74. The fourth-order valence-corrected chi connectivity index (χ4v) is 0.965. The summed E-state index contributed by atoms with van der Waals surface area (Å²) in [6.45, 7) is 4.07. The van der Waals surface area contributed by atoms with Gasteiger partial charge in [-0.1, -0.05) is 12.8 Å². The summed E-state index contributed by atoms with van der Waals surface area (Å²) < 4.78 is 14.4. The number of aromatic nitrogens is 2. The second-order valence-corrected chi connectivity index (χ2v) is 2.31. The first-order chi connectivity index (χ1) is 5.79. The van der Waals surface area contributed by atoms with Gasteiger partial charge >= 0.3 is 0 Å². The zero-order chi connectivity index (χ0) is 8.97. The number of hydrogen-bond acceptors (Lipinski definition) is 1. The van der Waals surface area contributed by atoms with Crippen molar-refractivity contribution >= 4 is 0 Å². The van der Waals surface area contributed by atoms with Crippen molar-refractivity contribution in [1.29, 1.82) is 0 Å². The SMILES string of the molecule is CC#CCn1n[c]c(F)c1CC. The van der Waals surface area contributed by atoms with E-state index in [2.05, 4.69) is 23.1 Å². The van der Waals surface area contributed by atoms with Gasteiger partial charge in [-0.05, 0) is 13.3 Å². The molecule has 0 spiro atoms. The van der Waals surface area contributed by atoms with E-state index in [1.165, 1.54) is 4.68 Å². The fourth-order valence-electron chi connectivity index (χ4n) is 0.965. The Labute approximate surface area is 71.4 Å². The van der Waals surface area contributed by atoms with Crippen LogP contribution in [0.25, 0.3) is 0 Å². The van der Waals surface area contributed by atoms with Gasteiger partial charge < -0.3 is 0 Å². The van der Waals surface area contributed by atoms with Gasteiger partial charge in [0.2, 0.25) is 0 Å². The van der Waals surface area contributed by atoms with Gasteiger partial charge in [-0.3, -0.25) is 4.68 Å². The highest BCUT2D eigenvalue weighted by atomic mass is 19.1. The summed E-state index contributed by atoms with van der Waals surface area (Å²) in [7, 11) is 0. The Bertz CT molecular complexity index is 317. The van der Waals surface area contributed by atoms with Crippen LogP contribution in [0.2, 0.25) is 0 Å². The Kier molecular flexibility index (Phi) is 2.87. The van der Waals surface area contributed by atoms with E-state index in [4.69, 9.17) is 0 Å². The quantitative estimate of drug-likeness (QED) is 0.606. The molecule has 0 amide bonds. The average Bonchev–Trinajstić information content (AvgIpc) is 2.43. The molecule has 1 rings (SSSR count). The lowest BCUT2D eigenvalue weighted by Gasteiger charge is -1.99. The van der Waals surface area contributed by atoms with E-state index in [9.17, 15) is 4.39 Å². The van der Waals surface area contributed by atoms with Crippen molar-refractivity contribution in [3.05, 3.63) is 17.7 Å². The molecule has 0 fully saturated rings. The van der Waals surface area contributed by atoms with Crippen LogP contribution in [0.5, 0.6) is 0 Å². The maximum Gasteiger partial charge on any atom is 0.174 e. The van der Waals surface area contributed by atoms with Gasteiger partial charge in [0.05, 0.1) is 5.69 Å². The van der Waals surface area contributed by atoms with Crippen LogP contribution in [-0.2, 0) is 13.0 Å². The third-order valence-corrected chi connectivity index (χ3v) is 1.57. The van der Waals surface area contributed by atoms with Gasteiger partial charge in [-0.15, -0.1) is 5.92 Å². The average molecular weight is 165 g/mol. The Balaban J connectivity index is 2.88. The number of hydrogen-bond donors (Lipinski definition) is 0. The zero-order valence-electron chi connectivity index (χ0n) is 7.19. The van der Waals surface area contributed by atoms with E-state index in [0.717, 1.165) is 0 Å². The Morgan fingerprint density at radius 1 is 1.67 bits per heavy atom. The van der Waals surface area contributed by atoms with Crippen LogP contribution >= 0.6 is 0 Å². The molecule has 1 radical (unpaired) electrons. The standard InChI is InChI=1S/C9H10FN2/c1-3-5-6-12-9(4-2)8(10)7-11-12/h4,6H2,1-2H3. The predicted molar refractivity (Wildman–Crippen MR) is 43.8 cm³/mol. The highest BCUT2D eigenvalue weighted by molar-refractivity contribution is 5.05. The second kappa shape index (κ2) is 3.91. The Morgan fingerprint density at radius 3 is 3.00 bits per heavy atom. The third-order valence-electron chi connectivity index (χ3n) is 1.57. The van der Waals surface area contributed by atoms with Crippen LogP contribution in [0.3, 0.4) is 0 Å². The molecule has 0 atom stereocenters. The maximum absolute atomic E-state index is 12.9. The van der Waals surface area contributed by atoms with Gasteiger partial charge in [-0.25, -0.2) is 4.39 Å². The van der Waals surface area contributed by atoms with E-state index in [1.54, 1.807) is 6.92 Å². The van der Waals surface area contributed by atoms with E-state index in [-0.39, 0.29) is 5.82 Å². The highest BCUT2D eigenvalue weighted by Crippen LogP contribution is 2.05. The normalized spacial score (nSPS) is 9.25. The van der Waals surface area contributed by atoms with Crippen LogP contribution in [0.1, 0.15) is 19.5 Å². The van der Waals surface area contributed by atoms with E-state index < -0.39 is 0 Å². The molecule has 0 N–H and O–H groups in total. The largest absolute Gasteiger partial charge is 0.254 e. The molecule has 2 nitrogen and oxygen atoms in total. The van der Waals surface area contributed by atoms with Crippen LogP contribution in [-0.4, -0.2) is 9.78 Å². The monoisotopic (exact) mass is 165 g/mol. The summed E-state index contributed by atoms with van der Waals surface area (Å²) in [6, 6.07) is 0. The van der Waals surface area contributed by atoms with Crippen molar-refractivity contribution in [3.8, 4) is 11.8 Å². The molecule has 1 aromatic heterocycles. The first kappa shape index (κ1) is 8.79. The van der Waals surface area contributed by atoms with Crippen LogP contribution in [0.4, 0.5) is 4.39 Å². The second-order valence-electron chi connectivity index (χ2n) is 2.31. The lowest BCUT2D eigenvalue weighted by Crippen LogP contribution is -2.03. The minimum absolute atomic E-state index is 0.365. The molecular weight excluding hydrogens is 155 g/mol. The summed E-state index contributed by atoms with van der Waals surface area (Å²) in [5.41, 5.74) is 0.567. The first-order valence-electron chi connectivity index (χ1n) is 3.82. The molecule has 0 aliphatic carbocycles. The van der Waals surface area contributed by atoms with Crippen molar-refractivity contribution in [3.63, 3.8) is 0 Å².